The van der Waals surface area contributed by atoms with Crippen LogP contribution in [0.1, 0.15) is 5.56 Å². The summed E-state index contributed by atoms with van der Waals surface area (Å²) >= 11 is 0. The normalized spacial score (nSPS) is 10.3. The van der Waals surface area contributed by atoms with E-state index in [1.165, 1.54) is 12.4 Å². The Balaban J connectivity index is 2.22. The summed E-state index contributed by atoms with van der Waals surface area (Å²) in [6.07, 6.45) is 6.43. The van der Waals surface area contributed by atoms with Crippen molar-refractivity contribution in [3.8, 4) is 11.4 Å². The highest BCUT2D eigenvalue weighted by Gasteiger charge is 2.05. The maximum absolute atomic E-state index is 10.5. The molecule has 0 unspecified atom stereocenters. The van der Waals surface area contributed by atoms with Gasteiger partial charge in [-0.2, -0.15) is 5.10 Å². The Hall–Kier alpha value is -2.24. The maximum atomic E-state index is 10.5. The average molecular weight is 218 g/mol. The van der Waals surface area contributed by atoms with Crippen LogP contribution in [0.2, 0.25) is 0 Å². The summed E-state index contributed by atoms with van der Waals surface area (Å²) in [4.78, 5) is 18.6. The van der Waals surface area contributed by atoms with Crippen molar-refractivity contribution in [2.45, 2.75) is 6.42 Å². The van der Waals surface area contributed by atoms with Gasteiger partial charge in [0.15, 0.2) is 5.82 Å². The topological polar surface area (TPSA) is 80.9 Å². The van der Waals surface area contributed by atoms with Crippen LogP contribution < -0.4 is 0 Å². The van der Waals surface area contributed by atoms with Crippen molar-refractivity contribution in [2.75, 3.05) is 0 Å². The van der Waals surface area contributed by atoms with Gasteiger partial charge in [-0.3, -0.25) is 9.48 Å². The van der Waals surface area contributed by atoms with Crippen molar-refractivity contribution in [3.05, 3.63) is 30.4 Å². The molecule has 0 atom stereocenters. The lowest BCUT2D eigenvalue weighted by Crippen LogP contribution is -2.01. The molecule has 0 amide bonds. The van der Waals surface area contributed by atoms with Gasteiger partial charge in [0.2, 0.25) is 0 Å². The highest BCUT2D eigenvalue weighted by molar-refractivity contribution is 5.70. The molecule has 6 heteroatoms. The number of hydrogen-bond donors (Lipinski definition) is 1. The number of nitrogens with zero attached hydrogens (tertiary/aromatic N) is 4. The Morgan fingerprint density at radius 1 is 1.38 bits per heavy atom. The molecule has 0 saturated carbocycles. The first-order valence-corrected chi connectivity index (χ1v) is 4.67. The molecule has 2 aromatic rings. The monoisotopic (exact) mass is 218 g/mol. The Morgan fingerprint density at radius 2 is 2.06 bits per heavy atom. The second-order valence-corrected chi connectivity index (χ2v) is 3.39. The molecule has 16 heavy (non-hydrogen) atoms. The Labute approximate surface area is 91.6 Å². The first-order valence-electron chi connectivity index (χ1n) is 4.67. The molecule has 2 heterocycles. The van der Waals surface area contributed by atoms with Crippen LogP contribution in [0.15, 0.2) is 24.8 Å². The fourth-order valence-electron chi connectivity index (χ4n) is 1.31. The van der Waals surface area contributed by atoms with Crippen molar-refractivity contribution < 1.29 is 9.90 Å². The molecule has 0 aliphatic carbocycles. The molecule has 6 nitrogen and oxygen atoms in total. The molecule has 1 N–H and O–H groups in total. The van der Waals surface area contributed by atoms with E-state index in [0.717, 1.165) is 5.56 Å². The van der Waals surface area contributed by atoms with Gasteiger partial charge in [-0.1, -0.05) is 0 Å². The molecule has 0 fully saturated rings. The smallest absolute Gasteiger partial charge is 0.307 e. The van der Waals surface area contributed by atoms with Crippen LogP contribution in [-0.4, -0.2) is 30.8 Å². The number of hydrogen-bond acceptors (Lipinski definition) is 4. The fourth-order valence-corrected chi connectivity index (χ4v) is 1.31. The van der Waals surface area contributed by atoms with Gasteiger partial charge in [0.25, 0.3) is 0 Å². The van der Waals surface area contributed by atoms with Gasteiger partial charge in [0, 0.05) is 25.6 Å². The van der Waals surface area contributed by atoms with Crippen LogP contribution in [0.5, 0.6) is 0 Å². The number of aromatic nitrogens is 4. The number of carboxylic acid groups (broad SMARTS) is 1. The van der Waals surface area contributed by atoms with E-state index in [4.69, 9.17) is 5.11 Å². The number of rotatable bonds is 3. The van der Waals surface area contributed by atoms with E-state index < -0.39 is 5.97 Å². The van der Waals surface area contributed by atoms with E-state index in [9.17, 15) is 4.79 Å². The Bertz CT molecular complexity index is 504. The third kappa shape index (κ3) is 2.22. The highest BCUT2D eigenvalue weighted by Crippen LogP contribution is 2.12. The molecule has 0 aliphatic heterocycles. The summed E-state index contributed by atoms with van der Waals surface area (Å²) < 4.78 is 1.66. The van der Waals surface area contributed by atoms with Gasteiger partial charge in [-0.15, -0.1) is 0 Å². The molecule has 82 valence electrons. The molecule has 0 aromatic carbocycles. The number of aryl methyl sites for hydroxylation is 1. The molecule has 0 saturated heterocycles. The SMILES string of the molecule is Cn1cc(-c2ncc(CC(=O)O)cn2)cn1. The second-order valence-electron chi connectivity index (χ2n) is 3.39. The third-order valence-electron chi connectivity index (χ3n) is 2.02. The van der Waals surface area contributed by atoms with Crippen molar-refractivity contribution >= 4 is 5.97 Å². The summed E-state index contributed by atoms with van der Waals surface area (Å²) in [5.41, 5.74) is 1.39. The summed E-state index contributed by atoms with van der Waals surface area (Å²) in [5.74, 6) is -0.347. The molecular formula is C10H10N4O2. The van der Waals surface area contributed by atoms with E-state index in [1.807, 2.05) is 7.05 Å². The van der Waals surface area contributed by atoms with Crippen molar-refractivity contribution in [1.82, 2.24) is 19.7 Å². The maximum Gasteiger partial charge on any atom is 0.307 e. The zero-order valence-corrected chi connectivity index (χ0v) is 8.66. The van der Waals surface area contributed by atoms with Crippen LogP contribution in [0.4, 0.5) is 0 Å². The molecule has 0 bridgehead atoms. The minimum Gasteiger partial charge on any atom is -0.481 e. The zero-order valence-electron chi connectivity index (χ0n) is 8.66. The number of carboxylic acids is 1. The van der Waals surface area contributed by atoms with Gasteiger partial charge >= 0.3 is 5.97 Å². The fraction of sp³-hybridized carbons (Fsp3) is 0.200. The summed E-state index contributed by atoms with van der Waals surface area (Å²) in [7, 11) is 1.81. The van der Waals surface area contributed by atoms with Crippen molar-refractivity contribution in [2.24, 2.45) is 7.05 Å². The minimum atomic E-state index is -0.891. The molecule has 2 rings (SSSR count). The lowest BCUT2D eigenvalue weighted by molar-refractivity contribution is -0.136. The molecule has 0 aliphatic rings. The number of carbonyl (C=O) groups is 1. The van der Waals surface area contributed by atoms with Crippen LogP contribution in [0.3, 0.4) is 0 Å². The second kappa shape index (κ2) is 4.09. The van der Waals surface area contributed by atoms with Gasteiger partial charge in [0.05, 0.1) is 18.2 Å². The largest absolute Gasteiger partial charge is 0.481 e. The van der Waals surface area contributed by atoms with Gasteiger partial charge in [-0.05, 0) is 5.56 Å². The zero-order chi connectivity index (χ0) is 11.5. The van der Waals surface area contributed by atoms with E-state index in [1.54, 1.807) is 17.1 Å². The van der Waals surface area contributed by atoms with E-state index in [2.05, 4.69) is 15.1 Å². The van der Waals surface area contributed by atoms with Crippen molar-refractivity contribution in [3.63, 3.8) is 0 Å². The van der Waals surface area contributed by atoms with Crippen LogP contribution in [0.25, 0.3) is 11.4 Å². The predicted octanol–water partition coefficient (Wildman–Crippen LogP) is 0.504. The number of aliphatic carboxylic acids is 1. The first kappa shape index (κ1) is 10.3. The molecule has 0 radical (unpaired) electrons. The third-order valence-corrected chi connectivity index (χ3v) is 2.02. The predicted molar refractivity (Wildman–Crippen MR) is 55.6 cm³/mol. The minimum absolute atomic E-state index is 0.0622. The molecular weight excluding hydrogens is 208 g/mol. The van der Waals surface area contributed by atoms with Gasteiger partial charge in [-0.25, -0.2) is 9.97 Å². The summed E-state index contributed by atoms with van der Waals surface area (Å²) in [6.45, 7) is 0. The van der Waals surface area contributed by atoms with Gasteiger partial charge in [0.1, 0.15) is 0 Å². The molecule has 0 spiro atoms. The summed E-state index contributed by atoms with van der Waals surface area (Å²) in [6, 6.07) is 0. The van der Waals surface area contributed by atoms with E-state index in [0.29, 0.717) is 11.4 Å². The quantitative estimate of drug-likeness (QED) is 0.811. The highest BCUT2D eigenvalue weighted by atomic mass is 16.4. The van der Waals surface area contributed by atoms with E-state index >= 15 is 0 Å². The standard InChI is InChI=1S/C10H10N4O2/c1-14-6-8(5-13-14)10-11-3-7(4-12-10)2-9(15)16/h3-6H,2H2,1H3,(H,15,16). The van der Waals surface area contributed by atoms with Gasteiger partial charge < -0.3 is 5.11 Å². The average Bonchev–Trinajstić information content (AvgIpc) is 2.65. The summed E-state index contributed by atoms with van der Waals surface area (Å²) in [5, 5.41) is 12.6. The van der Waals surface area contributed by atoms with Crippen LogP contribution in [-0.2, 0) is 18.3 Å². The van der Waals surface area contributed by atoms with Crippen molar-refractivity contribution in [1.29, 1.82) is 0 Å². The lowest BCUT2D eigenvalue weighted by Gasteiger charge is -1.97. The van der Waals surface area contributed by atoms with E-state index in [-0.39, 0.29) is 6.42 Å². The lowest BCUT2D eigenvalue weighted by atomic mass is 10.2. The Kier molecular flexibility index (Phi) is 2.63. The Morgan fingerprint density at radius 3 is 2.56 bits per heavy atom. The molecule has 2 aromatic heterocycles. The van der Waals surface area contributed by atoms with Crippen LogP contribution >= 0.6 is 0 Å². The van der Waals surface area contributed by atoms with Crippen LogP contribution in [0, 0.1) is 0 Å². The first-order chi connectivity index (χ1) is 7.65.